The summed E-state index contributed by atoms with van der Waals surface area (Å²) in [4.78, 5) is 28.9. The molecule has 6 nitrogen and oxygen atoms in total. The number of nitrogens with zero attached hydrogens (tertiary/aromatic N) is 3. The fourth-order valence-electron chi connectivity index (χ4n) is 2.72. The predicted molar refractivity (Wildman–Crippen MR) is 134 cm³/mol. The summed E-state index contributed by atoms with van der Waals surface area (Å²) in [6, 6.07) is 9.14. The molecule has 1 heterocycles. The Balaban J connectivity index is 2.08. The predicted octanol–water partition coefficient (Wildman–Crippen LogP) is 5.13. The fraction of sp³-hybridized carbons (Fsp3) is 0.200. The van der Waals surface area contributed by atoms with E-state index in [2.05, 4.69) is 71.2 Å². The number of halogens is 3. The first-order valence-electron chi connectivity index (χ1n) is 8.73. The summed E-state index contributed by atoms with van der Waals surface area (Å²) in [5.74, 6) is 0.771. The van der Waals surface area contributed by atoms with E-state index in [1.54, 1.807) is 12.3 Å². The SMILES string of the molecule is CCCc1nc2ccc(Br)cc2c(=O)n1N=Cc1cc(I)c(OC(C)=O)c(I)c1. The van der Waals surface area contributed by atoms with E-state index in [4.69, 9.17) is 4.74 Å². The maximum Gasteiger partial charge on any atom is 0.308 e. The number of aryl methyl sites for hydroxylation is 1. The van der Waals surface area contributed by atoms with Gasteiger partial charge in [-0.05, 0) is 87.5 Å². The minimum absolute atomic E-state index is 0.211. The van der Waals surface area contributed by atoms with Crippen LogP contribution in [0, 0.1) is 7.14 Å². The van der Waals surface area contributed by atoms with Crippen molar-refractivity contribution in [1.29, 1.82) is 0 Å². The highest BCUT2D eigenvalue weighted by atomic mass is 127. The molecule has 9 heteroatoms. The topological polar surface area (TPSA) is 73.6 Å². The molecule has 0 spiro atoms. The standard InChI is InChI=1S/C20H16BrI2N3O3/c1-3-4-18-25-17-6-5-13(21)9-14(17)20(28)26(18)24-10-12-7-15(22)19(16(23)8-12)29-11(2)27/h5-10H,3-4H2,1-2H3. The highest BCUT2D eigenvalue weighted by molar-refractivity contribution is 14.1. The number of carbonyl (C=O) groups excluding carboxylic acids is 1. The van der Waals surface area contributed by atoms with E-state index in [9.17, 15) is 9.59 Å². The lowest BCUT2D eigenvalue weighted by molar-refractivity contribution is -0.132. The van der Waals surface area contributed by atoms with Gasteiger partial charge in [0.2, 0.25) is 0 Å². The third-order valence-corrected chi connectivity index (χ3v) is 6.03. The molecule has 1 aromatic heterocycles. The van der Waals surface area contributed by atoms with Crippen molar-refractivity contribution < 1.29 is 9.53 Å². The van der Waals surface area contributed by atoms with E-state index in [1.165, 1.54) is 11.6 Å². The highest BCUT2D eigenvalue weighted by Crippen LogP contribution is 2.28. The van der Waals surface area contributed by atoms with Crippen molar-refractivity contribution in [3.05, 3.63) is 63.7 Å². The second-order valence-electron chi connectivity index (χ2n) is 6.21. The Labute approximate surface area is 203 Å². The van der Waals surface area contributed by atoms with Gasteiger partial charge in [-0.15, -0.1) is 0 Å². The average molecular weight is 680 g/mol. The number of rotatable bonds is 5. The number of aromatic nitrogens is 2. The molecule has 0 aliphatic carbocycles. The zero-order chi connectivity index (χ0) is 21.1. The largest absolute Gasteiger partial charge is 0.424 e. The Morgan fingerprint density at radius 3 is 2.59 bits per heavy atom. The molecule has 0 unspecified atom stereocenters. The van der Waals surface area contributed by atoms with E-state index in [0.717, 1.165) is 23.6 Å². The first-order valence-corrected chi connectivity index (χ1v) is 11.7. The molecular formula is C20H16BrI2N3O3. The van der Waals surface area contributed by atoms with Crippen molar-refractivity contribution in [1.82, 2.24) is 9.66 Å². The molecule has 0 aliphatic heterocycles. The monoisotopic (exact) mass is 679 g/mol. The molecule has 0 amide bonds. The summed E-state index contributed by atoms with van der Waals surface area (Å²) in [5, 5.41) is 4.94. The molecule has 3 aromatic rings. The average Bonchev–Trinajstić information content (AvgIpc) is 2.65. The van der Waals surface area contributed by atoms with Crippen molar-refractivity contribution in [3.8, 4) is 5.75 Å². The molecule has 0 fully saturated rings. The maximum absolute atomic E-state index is 13.0. The second kappa shape index (κ2) is 9.65. The van der Waals surface area contributed by atoms with Gasteiger partial charge in [0.1, 0.15) is 5.82 Å². The number of benzene rings is 2. The Morgan fingerprint density at radius 2 is 1.97 bits per heavy atom. The third-order valence-electron chi connectivity index (χ3n) is 3.94. The Bertz CT molecular complexity index is 1170. The quantitative estimate of drug-likeness (QED) is 0.162. The number of hydrogen-bond acceptors (Lipinski definition) is 5. The van der Waals surface area contributed by atoms with E-state index >= 15 is 0 Å². The van der Waals surface area contributed by atoms with Crippen molar-refractivity contribution >= 4 is 84.2 Å². The number of esters is 1. The van der Waals surface area contributed by atoms with Gasteiger partial charge in [0.05, 0.1) is 24.3 Å². The second-order valence-corrected chi connectivity index (χ2v) is 9.45. The van der Waals surface area contributed by atoms with Crippen LogP contribution < -0.4 is 10.3 Å². The highest BCUT2D eigenvalue weighted by Gasteiger charge is 2.12. The maximum atomic E-state index is 13.0. The number of hydrogen-bond donors (Lipinski definition) is 0. The van der Waals surface area contributed by atoms with Gasteiger partial charge >= 0.3 is 5.97 Å². The van der Waals surface area contributed by atoms with Crippen molar-refractivity contribution in [2.75, 3.05) is 0 Å². The number of fused-ring (bicyclic) bond motifs is 1. The lowest BCUT2D eigenvalue weighted by Crippen LogP contribution is -2.22. The van der Waals surface area contributed by atoms with Crippen molar-refractivity contribution in [2.45, 2.75) is 26.7 Å². The van der Waals surface area contributed by atoms with E-state index in [-0.39, 0.29) is 11.5 Å². The first kappa shape index (κ1) is 22.3. The van der Waals surface area contributed by atoms with Gasteiger partial charge in [0.25, 0.3) is 5.56 Å². The summed E-state index contributed by atoms with van der Waals surface area (Å²) in [5.41, 5.74) is 1.23. The molecule has 3 rings (SSSR count). The molecule has 150 valence electrons. The summed E-state index contributed by atoms with van der Waals surface area (Å²) < 4.78 is 9.00. The van der Waals surface area contributed by atoms with Gasteiger partial charge < -0.3 is 4.74 Å². The minimum Gasteiger partial charge on any atom is -0.424 e. The van der Waals surface area contributed by atoms with Crippen LogP contribution in [0.5, 0.6) is 5.75 Å². The van der Waals surface area contributed by atoms with E-state index < -0.39 is 0 Å². The molecule has 0 saturated heterocycles. The lowest BCUT2D eigenvalue weighted by Gasteiger charge is -2.10. The molecular weight excluding hydrogens is 664 g/mol. The van der Waals surface area contributed by atoms with Crippen LogP contribution in [-0.4, -0.2) is 21.8 Å². The number of carbonyl (C=O) groups is 1. The zero-order valence-corrected chi connectivity index (χ0v) is 21.5. The van der Waals surface area contributed by atoms with Gasteiger partial charge in [-0.2, -0.15) is 9.78 Å². The van der Waals surface area contributed by atoms with Crippen LogP contribution in [0.4, 0.5) is 0 Å². The van der Waals surface area contributed by atoms with Crippen LogP contribution in [0.3, 0.4) is 0 Å². The Morgan fingerprint density at radius 1 is 1.28 bits per heavy atom. The lowest BCUT2D eigenvalue weighted by atomic mass is 10.2. The van der Waals surface area contributed by atoms with Gasteiger partial charge in [-0.25, -0.2) is 4.98 Å². The van der Waals surface area contributed by atoms with Crippen LogP contribution >= 0.6 is 61.1 Å². The van der Waals surface area contributed by atoms with Gasteiger partial charge in [0, 0.05) is 17.8 Å². The molecule has 0 saturated carbocycles. The summed E-state index contributed by atoms with van der Waals surface area (Å²) in [6.07, 6.45) is 3.10. The van der Waals surface area contributed by atoms with Crippen LogP contribution in [-0.2, 0) is 11.2 Å². The molecule has 29 heavy (non-hydrogen) atoms. The van der Waals surface area contributed by atoms with Crippen molar-refractivity contribution in [3.63, 3.8) is 0 Å². The van der Waals surface area contributed by atoms with Crippen LogP contribution in [0.1, 0.15) is 31.7 Å². The first-order chi connectivity index (χ1) is 13.8. The van der Waals surface area contributed by atoms with Gasteiger partial charge in [0.15, 0.2) is 5.75 Å². The summed E-state index contributed by atoms with van der Waals surface area (Å²) in [6.45, 7) is 3.40. The third kappa shape index (κ3) is 5.23. The fourth-order valence-corrected chi connectivity index (χ4v) is 5.12. The van der Waals surface area contributed by atoms with Crippen LogP contribution in [0.2, 0.25) is 0 Å². The molecule has 0 atom stereocenters. The summed E-state index contributed by atoms with van der Waals surface area (Å²) >= 11 is 7.63. The van der Waals surface area contributed by atoms with Gasteiger partial charge in [-0.3, -0.25) is 9.59 Å². The molecule has 0 aliphatic rings. The normalized spacial score (nSPS) is 11.3. The van der Waals surface area contributed by atoms with Gasteiger partial charge in [-0.1, -0.05) is 22.9 Å². The van der Waals surface area contributed by atoms with Crippen molar-refractivity contribution in [2.24, 2.45) is 5.10 Å². The Kier molecular flexibility index (Phi) is 7.43. The molecule has 2 aromatic carbocycles. The summed E-state index contributed by atoms with van der Waals surface area (Å²) in [7, 11) is 0. The minimum atomic E-state index is -0.369. The molecule has 0 N–H and O–H groups in total. The zero-order valence-electron chi connectivity index (χ0n) is 15.6. The molecule has 0 bridgehead atoms. The number of ether oxygens (including phenoxy) is 1. The smallest absolute Gasteiger partial charge is 0.308 e. The van der Waals surface area contributed by atoms with E-state index in [0.29, 0.717) is 28.9 Å². The Hall–Kier alpha value is -1.34. The van der Waals surface area contributed by atoms with E-state index in [1.807, 2.05) is 31.2 Å². The van der Waals surface area contributed by atoms with Crippen LogP contribution in [0.15, 0.2) is 44.7 Å². The molecule has 0 radical (unpaired) electrons. The van der Waals surface area contributed by atoms with Crippen LogP contribution in [0.25, 0.3) is 10.9 Å².